The van der Waals surface area contributed by atoms with Gasteiger partial charge in [-0.25, -0.2) is 14.4 Å². The van der Waals surface area contributed by atoms with Gasteiger partial charge >= 0.3 is 17.9 Å². The molecule has 0 radical (unpaired) electrons. The van der Waals surface area contributed by atoms with Crippen molar-refractivity contribution < 1.29 is 34.1 Å². The van der Waals surface area contributed by atoms with Crippen molar-refractivity contribution in [3.8, 4) is 0 Å². The third-order valence-corrected chi connectivity index (χ3v) is 1.98. The maximum atomic E-state index is 11.1. The molecule has 124 valence electrons. The van der Waals surface area contributed by atoms with E-state index >= 15 is 0 Å². The molecular formula is C15H22O7. The second kappa shape index (κ2) is 13.6. The minimum absolute atomic E-state index is 0.0131. The first kappa shape index (κ1) is 21.9. The fourth-order valence-electron chi connectivity index (χ4n) is 0.905. The SMILES string of the molecule is C=C(C=C(C)C(=O)O)C(=O)OCCCO.C=CC(=O)OCC. The van der Waals surface area contributed by atoms with Crippen molar-refractivity contribution in [2.24, 2.45) is 0 Å². The minimum atomic E-state index is -1.11. The third-order valence-electron chi connectivity index (χ3n) is 1.98. The summed E-state index contributed by atoms with van der Waals surface area (Å²) in [5.41, 5.74) is -0.00746. The average Bonchev–Trinajstić information content (AvgIpc) is 2.47. The second-order valence-corrected chi connectivity index (χ2v) is 3.83. The van der Waals surface area contributed by atoms with Crippen LogP contribution in [0.5, 0.6) is 0 Å². The molecule has 0 aliphatic rings. The van der Waals surface area contributed by atoms with Crippen LogP contribution in [0.4, 0.5) is 0 Å². The average molecular weight is 314 g/mol. The van der Waals surface area contributed by atoms with Crippen LogP contribution in [0.25, 0.3) is 0 Å². The fourth-order valence-corrected chi connectivity index (χ4v) is 0.905. The number of carbonyl (C=O) groups is 3. The van der Waals surface area contributed by atoms with Gasteiger partial charge in [0.05, 0.1) is 18.8 Å². The summed E-state index contributed by atoms with van der Waals surface area (Å²) in [6.45, 7) is 10.1. The van der Waals surface area contributed by atoms with E-state index in [-0.39, 0.29) is 30.3 Å². The number of esters is 2. The van der Waals surface area contributed by atoms with E-state index in [0.29, 0.717) is 13.0 Å². The number of carboxylic acids is 1. The number of hydrogen-bond acceptors (Lipinski definition) is 6. The number of hydrogen-bond donors (Lipinski definition) is 2. The predicted molar refractivity (Wildman–Crippen MR) is 80.0 cm³/mol. The standard InChI is InChI=1S/C10H14O5.C5H8O2/c1-7(9(12)13)6-8(2)10(14)15-5-3-4-11;1-3-5(6)7-4-2/h6,11H,2-5H2,1H3,(H,12,13);3H,1,4H2,2H3. The molecule has 0 aliphatic heterocycles. The van der Waals surface area contributed by atoms with Crippen molar-refractivity contribution in [2.75, 3.05) is 19.8 Å². The number of aliphatic hydroxyl groups is 1. The molecule has 0 atom stereocenters. The van der Waals surface area contributed by atoms with Gasteiger partial charge in [0.25, 0.3) is 0 Å². The predicted octanol–water partition coefficient (Wildman–Crippen LogP) is 1.23. The summed E-state index contributed by atoms with van der Waals surface area (Å²) >= 11 is 0. The minimum Gasteiger partial charge on any atom is -0.478 e. The molecule has 2 N–H and O–H groups in total. The lowest BCUT2D eigenvalue weighted by molar-refractivity contribution is -0.139. The van der Waals surface area contributed by atoms with E-state index in [0.717, 1.165) is 12.2 Å². The molecule has 0 fully saturated rings. The highest BCUT2D eigenvalue weighted by Gasteiger charge is 2.08. The van der Waals surface area contributed by atoms with Gasteiger partial charge in [-0.1, -0.05) is 13.2 Å². The zero-order valence-corrected chi connectivity index (χ0v) is 12.8. The molecule has 0 unspecified atom stereocenters. The Bertz CT molecular complexity index is 435. The second-order valence-electron chi connectivity index (χ2n) is 3.83. The van der Waals surface area contributed by atoms with Gasteiger partial charge in [-0.05, 0) is 19.9 Å². The zero-order chi connectivity index (χ0) is 17.5. The van der Waals surface area contributed by atoms with Crippen molar-refractivity contribution >= 4 is 17.9 Å². The molecule has 0 aromatic heterocycles. The number of aliphatic carboxylic acids is 1. The lowest BCUT2D eigenvalue weighted by Gasteiger charge is -2.03. The van der Waals surface area contributed by atoms with Crippen LogP contribution in [0.1, 0.15) is 20.3 Å². The maximum Gasteiger partial charge on any atom is 0.337 e. The van der Waals surface area contributed by atoms with Gasteiger partial charge in [0.15, 0.2) is 0 Å². The van der Waals surface area contributed by atoms with Crippen LogP contribution in [0.15, 0.2) is 36.5 Å². The molecule has 7 nitrogen and oxygen atoms in total. The molecule has 0 saturated carbocycles. The Balaban J connectivity index is 0. The lowest BCUT2D eigenvalue weighted by Crippen LogP contribution is -2.09. The first-order valence-electron chi connectivity index (χ1n) is 6.47. The molecule has 0 heterocycles. The first-order chi connectivity index (χ1) is 10.3. The molecule has 0 bridgehead atoms. The maximum absolute atomic E-state index is 11.1. The largest absolute Gasteiger partial charge is 0.478 e. The Morgan fingerprint density at radius 2 is 1.82 bits per heavy atom. The Morgan fingerprint density at radius 3 is 2.18 bits per heavy atom. The summed E-state index contributed by atoms with van der Waals surface area (Å²) in [4.78, 5) is 31.6. The molecule has 0 rings (SSSR count). The van der Waals surface area contributed by atoms with Gasteiger partial charge in [0.2, 0.25) is 0 Å². The van der Waals surface area contributed by atoms with Gasteiger partial charge in [-0.3, -0.25) is 0 Å². The van der Waals surface area contributed by atoms with Crippen molar-refractivity contribution in [3.63, 3.8) is 0 Å². The van der Waals surface area contributed by atoms with Crippen molar-refractivity contribution in [2.45, 2.75) is 20.3 Å². The zero-order valence-electron chi connectivity index (χ0n) is 12.8. The molecule has 0 aliphatic carbocycles. The van der Waals surface area contributed by atoms with Crippen molar-refractivity contribution in [1.29, 1.82) is 0 Å². The number of carbonyl (C=O) groups excluding carboxylic acids is 2. The van der Waals surface area contributed by atoms with E-state index in [1.54, 1.807) is 6.92 Å². The monoisotopic (exact) mass is 314 g/mol. The molecule has 0 spiro atoms. The summed E-state index contributed by atoms with van der Waals surface area (Å²) < 4.78 is 9.12. The van der Waals surface area contributed by atoms with Crippen LogP contribution in [0.3, 0.4) is 0 Å². The quantitative estimate of drug-likeness (QED) is 0.300. The van der Waals surface area contributed by atoms with Gasteiger partial charge in [0.1, 0.15) is 0 Å². The molecule has 7 heteroatoms. The fraction of sp³-hybridized carbons (Fsp3) is 0.400. The smallest absolute Gasteiger partial charge is 0.337 e. The molecular weight excluding hydrogens is 292 g/mol. The van der Waals surface area contributed by atoms with Crippen LogP contribution >= 0.6 is 0 Å². The van der Waals surface area contributed by atoms with E-state index in [9.17, 15) is 14.4 Å². The first-order valence-corrected chi connectivity index (χ1v) is 6.47. The van der Waals surface area contributed by atoms with Crippen LogP contribution in [0, 0.1) is 0 Å². The number of rotatable bonds is 8. The summed E-state index contributed by atoms with van der Waals surface area (Å²) in [6.07, 6.45) is 2.63. The van der Waals surface area contributed by atoms with E-state index < -0.39 is 11.9 Å². The topological polar surface area (TPSA) is 110 Å². The molecule has 0 aromatic rings. The van der Waals surface area contributed by atoms with Crippen LogP contribution < -0.4 is 0 Å². The van der Waals surface area contributed by atoms with E-state index in [1.807, 2.05) is 0 Å². The summed E-state index contributed by atoms with van der Waals surface area (Å²) in [6, 6.07) is 0. The Labute approximate surface area is 129 Å². The molecule has 0 aromatic carbocycles. The summed E-state index contributed by atoms with van der Waals surface area (Å²) in [7, 11) is 0. The normalized spacial score (nSPS) is 9.86. The Hall–Kier alpha value is -2.41. The van der Waals surface area contributed by atoms with Crippen molar-refractivity contribution in [1.82, 2.24) is 0 Å². The molecule has 0 amide bonds. The number of carboxylic acid groups (broad SMARTS) is 1. The third kappa shape index (κ3) is 12.6. The summed E-state index contributed by atoms with van der Waals surface area (Å²) in [5, 5.41) is 17.0. The van der Waals surface area contributed by atoms with E-state index in [2.05, 4.69) is 22.6 Å². The van der Waals surface area contributed by atoms with Gasteiger partial charge in [0, 0.05) is 24.7 Å². The van der Waals surface area contributed by atoms with E-state index in [4.69, 9.17) is 10.2 Å². The number of ether oxygens (including phenoxy) is 2. The Kier molecular flexibility index (Phi) is 13.5. The van der Waals surface area contributed by atoms with Gasteiger partial charge in [-0.2, -0.15) is 0 Å². The van der Waals surface area contributed by atoms with Crippen LogP contribution in [-0.2, 0) is 23.9 Å². The van der Waals surface area contributed by atoms with Crippen molar-refractivity contribution in [3.05, 3.63) is 36.5 Å². The highest BCUT2D eigenvalue weighted by molar-refractivity contribution is 5.94. The number of aliphatic hydroxyl groups excluding tert-OH is 1. The summed E-state index contributed by atoms with van der Waals surface area (Å²) in [5.74, 6) is -2.15. The van der Waals surface area contributed by atoms with Crippen LogP contribution in [-0.4, -0.2) is 47.9 Å². The van der Waals surface area contributed by atoms with Crippen LogP contribution in [0.2, 0.25) is 0 Å². The van der Waals surface area contributed by atoms with Gasteiger partial charge in [-0.15, -0.1) is 0 Å². The Morgan fingerprint density at radius 1 is 1.23 bits per heavy atom. The highest BCUT2D eigenvalue weighted by atomic mass is 16.5. The van der Waals surface area contributed by atoms with Gasteiger partial charge < -0.3 is 19.7 Å². The van der Waals surface area contributed by atoms with E-state index in [1.165, 1.54) is 6.92 Å². The lowest BCUT2D eigenvalue weighted by atomic mass is 10.2. The molecule has 0 saturated heterocycles. The highest BCUT2D eigenvalue weighted by Crippen LogP contribution is 2.03. The molecule has 22 heavy (non-hydrogen) atoms.